The number of hydrogen-bond acceptors (Lipinski definition) is 3. The Morgan fingerprint density at radius 3 is 2.45 bits per heavy atom. The summed E-state index contributed by atoms with van der Waals surface area (Å²) in [5.41, 5.74) is -0.452. The molecule has 0 aliphatic rings. The van der Waals surface area contributed by atoms with Crippen molar-refractivity contribution in [3.05, 3.63) is 29.6 Å². The molecule has 1 aromatic rings. The van der Waals surface area contributed by atoms with Crippen LogP contribution in [0.25, 0.3) is 0 Å². The number of nitrogens with one attached hydrogen (secondary N) is 1. The average Bonchev–Trinajstić information content (AvgIpc) is 2.39. The molecule has 0 saturated carbocycles. The van der Waals surface area contributed by atoms with E-state index in [2.05, 4.69) is 5.32 Å². The molecular weight excluding hydrogens is 263 g/mol. The number of rotatable bonds is 5. The number of aromatic hydroxyl groups is 1. The Hall–Kier alpha value is -2.11. The van der Waals surface area contributed by atoms with Crippen molar-refractivity contribution in [2.75, 3.05) is 13.1 Å². The van der Waals surface area contributed by atoms with E-state index < -0.39 is 29.1 Å². The molecule has 2 amide bonds. The Morgan fingerprint density at radius 2 is 1.95 bits per heavy atom. The van der Waals surface area contributed by atoms with Crippen LogP contribution in [0.15, 0.2) is 18.2 Å². The van der Waals surface area contributed by atoms with Gasteiger partial charge in [-0.2, -0.15) is 0 Å². The van der Waals surface area contributed by atoms with Gasteiger partial charge in [0, 0.05) is 13.1 Å². The van der Waals surface area contributed by atoms with Gasteiger partial charge in [-0.05, 0) is 32.9 Å². The maximum Gasteiger partial charge on any atom is 0.258 e. The van der Waals surface area contributed by atoms with Crippen molar-refractivity contribution in [2.24, 2.45) is 0 Å². The van der Waals surface area contributed by atoms with Crippen molar-refractivity contribution in [3.8, 4) is 5.75 Å². The maximum atomic E-state index is 13.5. The molecule has 1 atom stereocenters. The first-order chi connectivity index (χ1) is 9.42. The van der Waals surface area contributed by atoms with E-state index in [0.29, 0.717) is 13.1 Å². The second-order valence-electron chi connectivity index (χ2n) is 4.34. The highest BCUT2D eigenvalue weighted by Crippen LogP contribution is 2.19. The Morgan fingerprint density at radius 1 is 1.35 bits per heavy atom. The fourth-order valence-electron chi connectivity index (χ4n) is 1.88. The fourth-order valence-corrected chi connectivity index (χ4v) is 1.88. The molecule has 1 rings (SSSR count). The Balaban J connectivity index is 2.83. The van der Waals surface area contributed by atoms with Crippen LogP contribution in [-0.2, 0) is 4.79 Å². The molecule has 0 fully saturated rings. The predicted octanol–water partition coefficient (Wildman–Crippen LogP) is 1.52. The number of amides is 2. The Labute approximate surface area is 117 Å². The molecular formula is C14H19FN2O3. The number of halogens is 1. The van der Waals surface area contributed by atoms with Gasteiger partial charge in [0.05, 0.1) is 0 Å². The predicted molar refractivity (Wildman–Crippen MR) is 72.9 cm³/mol. The van der Waals surface area contributed by atoms with E-state index in [-0.39, 0.29) is 5.91 Å². The third kappa shape index (κ3) is 3.46. The molecule has 1 aromatic carbocycles. The summed E-state index contributed by atoms with van der Waals surface area (Å²) < 4.78 is 13.5. The fraction of sp³-hybridized carbons (Fsp3) is 0.429. The van der Waals surface area contributed by atoms with E-state index in [1.165, 1.54) is 19.1 Å². The van der Waals surface area contributed by atoms with Crippen molar-refractivity contribution >= 4 is 11.8 Å². The zero-order chi connectivity index (χ0) is 15.3. The van der Waals surface area contributed by atoms with Crippen LogP contribution in [0.2, 0.25) is 0 Å². The van der Waals surface area contributed by atoms with E-state index in [4.69, 9.17) is 0 Å². The lowest BCUT2D eigenvalue weighted by atomic mass is 10.1. The van der Waals surface area contributed by atoms with Gasteiger partial charge in [-0.1, -0.05) is 6.07 Å². The first-order valence-corrected chi connectivity index (χ1v) is 6.49. The molecule has 6 heteroatoms. The van der Waals surface area contributed by atoms with Crippen LogP contribution in [0.5, 0.6) is 5.75 Å². The number of phenols is 1. The van der Waals surface area contributed by atoms with Gasteiger partial charge < -0.3 is 15.3 Å². The third-order valence-corrected chi connectivity index (χ3v) is 3.01. The average molecular weight is 282 g/mol. The highest BCUT2D eigenvalue weighted by molar-refractivity contribution is 5.99. The van der Waals surface area contributed by atoms with Crippen LogP contribution in [0.3, 0.4) is 0 Å². The van der Waals surface area contributed by atoms with E-state index in [9.17, 15) is 19.1 Å². The van der Waals surface area contributed by atoms with Crippen molar-refractivity contribution in [2.45, 2.75) is 26.8 Å². The van der Waals surface area contributed by atoms with Gasteiger partial charge >= 0.3 is 0 Å². The first-order valence-electron chi connectivity index (χ1n) is 6.49. The highest BCUT2D eigenvalue weighted by atomic mass is 19.1. The zero-order valence-corrected chi connectivity index (χ0v) is 11.8. The number of nitrogens with zero attached hydrogens (tertiary/aromatic N) is 1. The summed E-state index contributed by atoms with van der Waals surface area (Å²) in [5, 5.41) is 11.9. The molecule has 2 N–H and O–H groups in total. The molecule has 0 bridgehead atoms. The second-order valence-corrected chi connectivity index (χ2v) is 4.34. The Bertz CT molecular complexity index is 481. The van der Waals surface area contributed by atoms with Gasteiger partial charge in [0.2, 0.25) is 5.91 Å². The molecule has 1 unspecified atom stereocenters. The summed E-state index contributed by atoms with van der Waals surface area (Å²) in [6, 6.07) is 2.80. The molecule has 0 spiro atoms. The smallest absolute Gasteiger partial charge is 0.258 e. The monoisotopic (exact) mass is 282 g/mol. The lowest BCUT2D eigenvalue weighted by Crippen LogP contribution is -2.47. The second kappa shape index (κ2) is 6.88. The molecule has 0 heterocycles. The van der Waals surface area contributed by atoms with Crippen LogP contribution in [0, 0.1) is 5.82 Å². The van der Waals surface area contributed by atoms with Gasteiger partial charge in [-0.3, -0.25) is 9.59 Å². The van der Waals surface area contributed by atoms with Gasteiger partial charge in [-0.15, -0.1) is 0 Å². The summed E-state index contributed by atoms with van der Waals surface area (Å²) in [6.45, 7) is 6.24. The molecule has 0 saturated heterocycles. The minimum atomic E-state index is -0.829. The standard InChI is InChI=1S/C14H19FN2O3/c1-4-17(5-2)14(20)9(3)16-13(19)12-10(15)7-6-8-11(12)18/h6-9,18H,4-5H2,1-3H3,(H,16,19). The summed E-state index contributed by atoms with van der Waals surface area (Å²) in [5.74, 6) is -2.34. The van der Waals surface area contributed by atoms with Crippen LogP contribution in [0.4, 0.5) is 4.39 Å². The summed E-state index contributed by atoms with van der Waals surface area (Å²) in [7, 11) is 0. The van der Waals surface area contributed by atoms with Gasteiger partial charge in [-0.25, -0.2) is 4.39 Å². The van der Waals surface area contributed by atoms with Crippen molar-refractivity contribution < 1.29 is 19.1 Å². The lowest BCUT2D eigenvalue weighted by molar-refractivity contribution is -0.132. The van der Waals surface area contributed by atoms with E-state index in [1.54, 1.807) is 4.90 Å². The third-order valence-electron chi connectivity index (χ3n) is 3.01. The minimum Gasteiger partial charge on any atom is -0.507 e. The number of phenolic OH excluding ortho intramolecular Hbond substituents is 1. The highest BCUT2D eigenvalue weighted by Gasteiger charge is 2.23. The van der Waals surface area contributed by atoms with Crippen LogP contribution >= 0.6 is 0 Å². The van der Waals surface area contributed by atoms with Gasteiger partial charge in [0.15, 0.2) is 0 Å². The zero-order valence-electron chi connectivity index (χ0n) is 11.8. The minimum absolute atomic E-state index is 0.251. The topological polar surface area (TPSA) is 69.6 Å². The normalized spacial score (nSPS) is 11.8. The number of likely N-dealkylation sites (N-methyl/N-ethyl adjacent to an activating group) is 1. The number of hydrogen-bond donors (Lipinski definition) is 2. The van der Waals surface area contributed by atoms with Crippen LogP contribution in [-0.4, -0.2) is 41.0 Å². The molecule has 20 heavy (non-hydrogen) atoms. The van der Waals surface area contributed by atoms with E-state index >= 15 is 0 Å². The summed E-state index contributed by atoms with van der Waals surface area (Å²) in [6.07, 6.45) is 0. The SMILES string of the molecule is CCN(CC)C(=O)C(C)NC(=O)c1c(O)cccc1F. The van der Waals surface area contributed by atoms with Crippen molar-refractivity contribution in [1.29, 1.82) is 0 Å². The quantitative estimate of drug-likeness (QED) is 0.860. The number of carbonyl (C=O) groups is 2. The van der Waals surface area contributed by atoms with Crippen LogP contribution in [0.1, 0.15) is 31.1 Å². The maximum absolute atomic E-state index is 13.5. The first kappa shape index (κ1) is 15.9. The van der Waals surface area contributed by atoms with Crippen LogP contribution < -0.4 is 5.32 Å². The molecule has 0 radical (unpaired) electrons. The molecule has 0 aliphatic heterocycles. The van der Waals surface area contributed by atoms with Crippen molar-refractivity contribution in [3.63, 3.8) is 0 Å². The van der Waals surface area contributed by atoms with Crippen molar-refractivity contribution in [1.82, 2.24) is 10.2 Å². The largest absolute Gasteiger partial charge is 0.507 e. The molecule has 5 nitrogen and oxygen atoms in total. The van der Waals surface area contributed by atoms with Gasteiger partial charge in [0.1, 0.15) is 23.2 Å². The van der Waals surface area contributed by atoms with Gasteiger partial charge in [0.25, 0.3) is 5.91 Å². The molecule has 0 aliphatic carbocycles. The molecule has 0 aromatic heterocycles. The Kier molecular flexibility index (Phi) is 5.49. The number of benzene rings is 1. The summed E-state index contributed by atoms with van der Waals surface area (Å²) >= 11 is 0. The van der Waals surface area contributed by atoms with E-state index in [0.717, 1.165) is 6.07 Å². The lowest BCUT2D eigenvalue weighted by Gasteiger charge is -2.23. The van der Waals surface area contributed by atoms with E-state index in [1.807, 2.05) is 13.8 Å². The number of carbonyl (C=O) groups excluding carboxylic acids is 2. The summed E-state index contributed by atoms with van der Waals surface area (Å²) in [4.78, 5) is 25.5. The molecule has 110 valence electrons.